The molecular formula is C24H30NO6PS. The Bertz CT molecular complexity index is 1080. The molecule has 0 aromatic heterocycles. The molecule has 0 aliphatic carbocycles. The summed E-state index contributed by atoms with van der Waals surface area (Å²) < 4.78 is 30.2. The highest BCUT2D eigenvalue weighted by Crippen LogP contribution is 2.50. The number of nitrogens with zero attached hydrogens (tertiary/aromatic N) is 1. The predicted octanol–water partition coefficient (Wildman–Crippen LogP) is 5.30. The van der Waals surface area contributed by atoms with Gasteiger partial charge in [-0.2, -0.15) is 0 Å². The van der Waals surface area contributed by atoms with E-state index in [0.717, 1.165) is 20.9 Å². The first-order valence-electron chi connectivity index (χ1n) is 11.0. The SMILES string of the molecule is CCOC(=O)C(C)c1ccc2c(c1)C/C(=N\OC)c1c(cccc1P(=O)(OCC)OCC)S2. The van der Waals surface area contributed by atoms with Crippen LogP contribution >= 0.6 is 19.4 Å². The Labute approximate surface area is 199 Å². The highest BCUT2D eigenvalue weighted by atomic mass is 32.2. The highest BCUT2D eigenvalue weighted by Gasteiger charge is 2.34. The molecule has 3 rings (SSSR count). The van der Waals surface area contributed by atoms with Gasteiger partial charge in [0.05, 0.1) is 36.8 Å². The Morgan fingerprint density at radius 1 is 1.09 bits per heavy atom. The van der Waals surface area contributed by atoms with Crippen LogP contribution in [0.4, 0.5) is 0 Å². The number of carbonyl (C=O) groups excluding carboxylic acids is 1. The molecule has 1 aliphatic rings. The van der Waals surface area contributed by atoms with E-state index in [1.54, 1.807) is 38.6 Å². The Morgan fingerprint density at radius 3 is 2.45 bits per heavy atom. The summed E-state index contributed by atoms with van der Waals surface area (Å²) in [5.41, 5.74) is 3.18. The lowest BCUT2D eigenvalue weighted by Gasteiger charge is -2.21. The summed E-state index contributed by atoms with van der Waals surface area (Å²) in [5.74, 6) is -0.648. The van der Waals surface area contributed by atoms with Gasteiger partial charge < -0.3 is 18.6 Å². The van der Waals surface area contributed by atoms with Crippen molar-refractivity contribution in [2.45, 2.75) is 49.8 Å². The molecule has 0 fully saturated rings. The molecule has 1 heterocycles. The minimum absolute atomic E-state index is 0.250. The van der Waals surface area contributed by atoms with Crippen molar-refractivity contribution in [3.63, 3.8) is 0 Å². The number of carbonyl (C=O) groups is 1. The molecule has 0 spiro atoms. The molecule has 178 valence electrons. The van der Waals surface area contributed by atoms with Crippen LogP contribution in [0.2, 0.25) is 0 Å². The van der Waals surface area contributed by atoms with E-state index in [2.05, 4.69) is 5.16 Å². The molecule has 0 amide bonds. The average Bonchev–Trinajstić information content (AvgIpc) is 2.95. The summed E-state index contributed by atoms with van der Waals surface area (Å²) in [6.07, 6.45) is 0.432. The van der Waals surface area contributed by atoms with Crippen LogP contribution in [0.1, 0.15) is 50.3 Å². The second-order valence-corrected chi connectivity index (χ2v) is 10.4. The number of ether oxygens (including phenoxy) is 1. The maximum atomic E-state index is 13.7. The molecule has 1 aliphatic heterocycles. The Kier molecular flexibility index (Phi) is 8.76. The van der Waals surface area contributed by atoms with Crippen molar-refractivity contribution in [3.05, 3.63) is 53.1 Å². The van der Waals surface area contributed by atoms with E-state index in [9.17, 15) is 9.36 Å². The van der Waals surface area contributed by atoms with E-state index in [1.165, 1.54) is 7.11 Å². The van der Waals surface area contributed by atoms with Crippen molar-refractivity contribution in [1.82, 2.24) is 0 Å². The van der Waals surface area contributed by atoms with Gasteiger partial charge >= 0.3 is 13.6 Å². The first-order valence-corrected chi connectivity index (χ1v) is 13.3. The summed E-state index contributed by atoms with van der Waals surface area (Å²) in [5, 5.41) is 4.77. The summed E-state index contributed by atoms with van der Waals surface area (Å²) >= 11 is 1.55. The largest absolute Gasteiger partial charge is 0.466 e. The van der Waals surface area contributed by atoms with Gasteiger partial charge in [-0.25, -0.2) is 0 Å². The lowest BCUT2D eigenvalue weighted by molar-refractivity contribution is -0.144. The van der Waals surface area contributed by atoms with Gasteiger partial charge in [-0.15, -0.1) is 0 Å². The van der Waals surface area contributed by atoms with Crippen LogP contribution in [0.5, 0.6) is 0 Å². The summed E-state index contributed by atoms with van der Waals surface area (Å²) in [6, 6.07) is 11.5. The Balaban J connectivity index is 2.12. The van der Waals surface area contributed by atoms with Crippen molar-refractivity contribution in [1.29, 1.82) is 0 Å². The standard InChI is InChI=1S/C24H30NO6PS/c1-6-29-24(26)16(4)17-12-13-21-18(14-17)15-19(25-28-5)23-20(10-9-11-22(23)33-21)32(27,30-7-2)31-8-3/h9-14,16H,6-8,15H2,1-5H3/b25-19+. The number of hydrogen-bond acceptors (Lipinski definition) is 8. The molecule has 0 radical (unpaired) electrons. The van der Waals surface area contributed by atoms with Crippen LogP contribution in [0.3, 0.4) is 0 Å². The van der Waals surface area contributed by atoms with E-state index in [1.807, 2.05) is 37.3 Å². The minimum Gasteiger partial charge on any atom is -0.466 e. The van der Waals surface area contributed by atoms with Crippen LogP contribution < -0.4 is 5.30 Å². The van der Waals surface area contributed by atoms with Gasteiger partial charge in [0, 0.05) is 21.8 Å². The number of benzene rings is 2. The minimum atomic E-state index is -3.56. The van der Waals surface area contributed by atoms with Crippen molar-refractivity contribution in [2.75, 3.05) is 26.9 Å². The van der Waals surface area contributed by atoms with Crippen molar-refractivity contribution < 1.29 is 28.0 Å². The molecule has 1 atom stereocenters. The third-order valence-electron chi connectivity index (χ3n) is 5.19. The summed E-state index contributed by atoms with van der Waals surface area (Å²) in [4.78, 5) is 19.4. The van der Waals surface area contributed by atoms with Crippen molar-refractivity contribution >= 4 is 36.3 Å². The number of hydrogen-bond donors (Lipinski definition) is 0. The Morgan fingerprint density at radius 2 is 1.82 bits per heavy atom. The second kappa shape index (κ2) is 11.3. The fourth-order valence-corrected chi connectivity index (χ4v) is 6.74. The van der Waals surface area contributed by atoms with Gasteiger partial charge in [-0.05, 0) is 57.0 Å². The summed E-state index contributed by atoms with van der Waals surface area (Å²) in [7, 11) is -2.08. The average molecular weight is 492 g/mol. The normalized spacial score (nSPS) is 15.4. The molecule has 0 bridgehead atoms. The van der Waals surface area contributed by atoms with Gasteiger partial charge in [0.1, 0.15) is 7.11 Å². The van der Waals surface area contributed by atoms with Crippen molar-refractivity contribution in [3.8, 4) is 0 Å². The molecular weight excluding hydrogens is 461 g/mol. The molecule has 0 saturated heterocycles. The van der Waals surface area contributed by atoms with Gasteiger partial charge in [-0.3, -0.25) is 9.36 Å². The smallest absolute Gasteiger partial charge is 0.362 e. The van der Waals surface area contributed by atoms with Gasteiger partial charge in [-0.1, -0.05) is 35.1 Å². The fourth-order valence-electron chi connectivity index (χ4n) is 3.72. The summed E-state index contributed by atoms with van der Waals surface area (Å²) in [6.45, 7) is 8.04. The monoisotopic (exact) mass is 491 g/mol. The van der Waals surface area contributed by atoms with E-state index in [0.29, 0.717) is 29.6 Å². The highest BCUT2D eigenvalue weighted by molar-refractivity contribution is 7.99. The molecule has 1 unspecified atom stereocenters. The first kappa shape index (κ1) is 25.5. The molecule has 0 saturated carbocycles. The number of oxime groups is 1. The van der Waals surface area contributed by atoms with Gasteiger partial charge in [0.2, 0.25) is 0 Å². The first-order chi connectivity index (χ1) is 15.9. The van der Waals surface area contributed by atoms with Crippen molar-refractivity contribution in [2.24, 2.45) is 5.16 Å². The quantitative estimate of drug-likeness (QED) is 0.267. The zero-order chi connectivity index (χ0) is 24.0. The maximum Gasteiger partial charge on any atom is 0.362 e. The van der Waals surface area contributed by atoms with E-state index < -0.39 is 7.60 Å². The lowest BCUT2D eigenvalue weighted by Crippen LogP contribution is -2.22. The van der Waals surface area contributed by atoms with Crippen LogP contribution in [0, 0.1) is 0 Å². The van der Waals surface area contributed by atoms with Crippen LogP contribution in [0.25, 0.3) is 0 Å². The number of rotatable bonds is 9. The molecule has 7 nitrogen and oxygen atoms in total. The predicted molar refractivity (Wildman–Crippen MR) is 130 cm³/mol. The van der Waals surface area contributed by atoms with E-state index in [-0.39, 0.29) is 25.1 Å². The number of fused-ring (bicyclic) bond motifs is 2. The van der Waals surface area contributed by atoms with Gasteiger partial charge in [0.25, 0.3) is 0 Å². The van der Waals surface area contributed by atoms with Crippen LogP contribution in [-0.4, -0.2) is 38.6 Å². The molecule has 2 aromatic rings. The zero-order valence-corrected chi connectivity index (χ0v) is 21.3. The maximum absolute atomic E-state index is 13.7. The third kappa shape index (κ3) is 5.52. The van der Waals surface area contributed by atoms with Crippen LogP contribution in [0.15, 0.2) is 51.3 Å². The molecule has 33 heavy (non-hydrogen) atoms. The Hall–Kier alpha value is -2.12. The lowest BCUT2D eigenvalue weighted by atomic mass is 9.96. The number of esters is 1. The molecule has 0 N–H and O–H groups in total. The fraction of sp³-hybridized carbons (Fsp3) is 0.417. The van der Waals surface area contributed by atoms with E-state index >= 15 is 0 Å². The third-order valence-corrected chi connectivity index (χ3v) is 8.53. The van der Waals surface area contributed by atoms with Gasteiger partial charge in [0.15, 0.2) is 0 Å². The molecule has 9 heteroatoms. The molecule has 2 aromatic carbocycles. The topological polar surface area (TPSA) is 83.4 Å². The van der Waals surface area contributed by atoms with Crippen LogP contribution in [-0.2, 0) is 34.4 Å². The zero-order valence-electron chi connectivity index (χ0n) is 19.6. The second-order valence-electron chi connectivity index (χ2n) is 7.32. The van der Waals surface area contributed by atoms with E-state index in [4.69, 9.17) is 18.6 Å².